The molecule has 2 fully saturated rings. The molecular formula is C6H24O6Si6. The average molecular weight is 361 g/mol. The fourth-order valence-corrected chi connectivity index (χ4v) is 23.4. The summed E-state index contributed by atoms with van der Waals surface area (Å²) in [6.45, 7) is 12.6. The molecule has 2 aliphatic rings. The van der Waals surface area contributed by atoms with E-state index in [0.717, 1.165) is 0 Å². The molecule has 2 rings (SSSR count). The van der Waals surface area contributed by atoms with Crippen LogP contribution in [0.25, 0.3) is 0 Å². The van der Waals surface area contributed by atoms with Crippen LogP contribution in [-0.2, 0) is 24.7 Å². The van der Waals surface area contributed by atoms with Gasteiger partial charge in [-0.3, -0.25) is 0 Å². The lowest BCUT2D eigenvalue weighted by molar-refractivity contribution is 0.238. The van der Waals surface area contributed by atoms with Gasteiger partial charge >= 0.3 is 25.7 Å². The van der Waals surface area contributed by atoms with Gasteiger partial charge in [-0.15, -0.1) is 0 Å². The predicted octanol–water partition coefficient (Wildman–Crippen LogP) is -0.799. The lowest BCUT2D eigenvalue weighted by atomic mass is 11.9. The summed E-state index contributed by atoms with van der Waals surface area (Å²) in [5, 5.41) is 0. The minimum Gasteiger partial charge on any atom is -0.425 e. The molecule has 0 aromatic carbocycles. The number of hydrogen-bond acceptors (Lipinski definition) is 6. The Hall–Kier alpha value is 1.06. The van der Waals surface area contributed by atoms with Gasteiger partial charge in [0.2, 0.25) is 0 Å². The Balaban J connectivity index is 0.000000225. The van der Waals surface area contributed by atoms with Crippen LogP contribution in [0, 0.1) is 0 Å². The lowest BCUT2D eigenvalue weighted by Gasteiger charge is -2.46. The Kier molecular flexibility index (Phi) is 6.35. The molecule has 6 nitrogen and oxygen atoms in total. The van der Waals surface area contributed by atoms with Gasteiger partial charge in [0.05, 0.1) is 0 Å². The van der Waals surface area contributed by atoms with Crippen molar-refractivity contribution in [1.82, 2.24) is 0 Å². The summed E-state index contributed by atoms with van der Waals surface area (Å²) in [6, 6.07) is 0. The second kappa shape index (κ2) is 6.68. The second-order valence-electron chi connectivity index (χ2n) is 5.47. The first-order valence-electron chi connectivity index (χ1n) is 5.96. The standard InChI is InChI=1S/C6H18O3Si3.H6O3Si3/c1-10(2)7-11(3,4)9-12(5,6)8-10;1-4-2-6-3-5-1/h1-6H3;4-6H2. The van der Waals surface area contributed by atoms with E-state index >= 15 is 0 Å². The maximum atomic E-state index is 5.86. The highest BCUT2D eigenvalue weighted by atomic mass is 28.5. The van der Waals surface area contributed by atoms with E-state index in [1.165, 1.54) is 0 Å². The SMILES string of the molecule is C[Si]1(C)O[Si](C)(C)O[Si](C)(C)O1.O1[SiH2]O[SiH2]O[SiH2]1. The van der Waals surface area contributed by atoms with Crippen molar-refractivity contribution in [1.29, 1.82) is 0 Å². The summed E-state index contributed by atoms with van der Waals surface area (Å²) in [5.41, 5.74) is 0. The van der Waals surface area contributed by atoms with Gasteiger partial charge in [-0.1, -0.05) is 0 Å². The van der Waals surface area contributed by atoms with E-state index in [1.807, 2.05) is 0 Å². The summed E-state index contributed by atoms with van der Waals surface area (Å²) >= 11 is 0. The van der Waals surface area contributed by atoms with Crippen LogP contribution in [0.4, 0.5) is 0 Å². The molecule has 0 aromatic rings. The van der Waals surface area contributed by atoms with Crippen molar-refractivity contribution in [3.05, 3.63) is 0 Å². The Bertz CT molecular complexity index is 212. The van der Waals surface area contributed by atoms with E-state index in [9.17, 15) is 0 Å². The normalized spacial score (nSPS) is 33.0. The van der Waals surface area contributed by atoms with Gasteiger partial charge in [0.15, 0.2) is 0 Å². The quantitative estimate of drug-likeness (QED) is 0.527. The van der Waals surface area contributed by atoms with Crippen molar-refractivity contribution >= 4 is 55.7 Å². The lowest BCUT2D eigenvalue weighted by Crippen LogP contribution is -2.64. The largest absolute Gasteiger partial charge is 0.425 e. The van der Waals surface area contributed by atoms with Gasteiger partial charge < -0.3 is 24.7 Å². The van der Waals surface area contributed by atoms with Crippen LogP contribution in [0.2, 0.25) is 39.3 Å². The Labute approximate surface area is 120 Å². The maximum absolute atomic E-state index is 5.86. The van der Waals surface area contributed by atoms with Gasteiger partial charge in [0, 0.05) is 0 Å². The van der Waals surface area contributed by atoms with E-state index in [-0.39, 0.29) is 0 Å². The fraction of sp³-hybridized carbons (Fsp3) is 1.00. The highest BCUT2D eigenvalue weighted by Gasteiger charge is 2.49. The van der Waals surface area contributed by atoms with Crippen LogP contribution in [0.1, 0.15) is 0 Å². The van der Waals surface area contributed by atoms with Crippen molar-refractivity contribution in [2.45, 2.75) is 39.3 Å². The molecule has 2 aliphatic heterocycles. The van der Waals surface area contributed by atoms with E-state index in [2.05, 4.69) is 39.3 Å². The topological polar surface area (TPSA) is 55.4 Å². The first kappa shape index (κ1) is 17.1. The smallest absolute Gasteiger partial charge is 0.314 e. The van der Waals surface area contributed by atoms with E-state index in [4.69, 9.17) is 24.7 Å². The van der Waals surface area contributed by atoms with Crippen LogP contribution in [0.5, 0.6) is 0 Å². The van der Waals surface area contributed by atoms with E-state index in [0.29, 0.717) is 0 Å². The maximum Gasteiger partial charge on any atom is 0.314 e. The Morgan fingerprint density at radius 2 is 0.722 bits per heavy atom. The molecule has 0 atom stereocenters. The molecule has 0 aromatic heterocycles. The molecule has 12 heteroatoms. The minimum absolute atomic E-state index is 0.493. The van der Waals surface area contributed by atoms with Gasteiger partial charge in [-0.2, -0.15) is 0 Å². The molecular weight excluding hydrogens is 337 g/mol. The molecule has 2 heterocycles. The number of hydrogen-bond donors (Lipinski definition) is 0. The summed E-state index contributed by atoms with van der Waals surface area (Å²) < 4.78 is 32.4. The summed E-state index contributed by atoms with van der Waals surface area (Å²) in [5.74, 6) is 0. The molecule has 2 saturated heterocycles. The fourth-order valence-electron chi connectivity index (χ4n) is 2.12. The van der Waals surface area contributed by atoms with Crippen LogP contribution in [0.15, 0.2) is 0 Å². The molecule has 0 bridgehead atoms. The Morgan fingerprint density at radius 3 is 0.889 bits per heavy atom. The first-order valence-corrected chi connectivity index (χ1v) is 17.9. The third kappa shape index (κ3) is 7.01. The zero-order valence-electron chi connectivity index (χ0n) is 12.1. The van der Waals surface area contributed by atoms with Gasteiger partial charge in [0.1, 0.15) is 0 Å². The Morgan fingerprint density at radius 1 is 0.500 bits per heavy atom. The van der Waals surface area contributed by atoms with E-state index in [1.54, 1.807) is 0 Å². The third-order valence-corrected chi connectivity index (χ3v) is 17.8. The summed E-state index contributed by atoms with van der Waals surface area (Å²) in [4.78, 5) is 0. The highest BCUT2D eigenvalue weighted by Crippen LogP contribution is 2.29. The van der Waals surface area contributed by atoms with Crippen LogP contribution >= 0.6 is 0 Å². The van der Waals surface area contributed by atoms with Crippen LogP contribution < -0.4 is 0 Å². The molecule has 18 heavy (non-hydrogen) atoms. The van der Waals surface area contributed by atoms with Crippen molar-refractivity contribution < 1.29 is 24.7 Å². The molecule has 0 N–H and O–H groups in total. The van der Waals surface area contributed by atoms with Crippen LogP contribution in [-0.4, -0.2) is 55.7 Å². The zero-order chi connectivity index (χ0) is 13.9. The minimum atomic E-state index is -1.86. The van der Waals surface area contributed by atoms with Crippen LogP contribution in [0.3, 0.4) is 0 Å². The second-order valence-corrected chi connectivity index (χ2v) is 21.9. The van der Waals surface area contributed by atoms with Crippen molar-refractivity contribution in [3.8, 4) is 0 Å². The highest BCUT2D eigenvalue weighted by molar-refractivity contribution is 6.92. The van der Waals surface area contributed by atoms with Gasteiger partial charge in [0.25, 0.3) is 30.0 Å². The zero-order valence-corrected chi connectivity index (χ0v) is 19.3. The average Bonchev–Trinajstić information content (AvgIpc) is 2.13. The molecule has 0 unspecified atom stereocenters. The molecule has 0 amide bonds. The predicted molar refractivity (Wildman–Crippen MR) is 84.6 cm³/mol. The van der Waals surface area contributed by atoms with Crippen molar-refractivity contribution in [2.24, 2.45) is 0 Å². The van der Waals surface area contributed by atoms with Gasteiger partial charge in [-0.25, -0.2) is 0 Å². The first-order chi connectivity index (χ1) is 8.12. The molecule has 0 spiro atoms. The molecule has 0 saturated carbocycles. The summed E-state index contributed by atoms with van der Waals surface area (Å²) in [6.07, 6.45) is 0. The number of rotatable bonds is 0. The molecule has 0 radical (unpaired) electrons. The monoisotopic (exact) mass is 360 g/mol. The van der Waals surface area contributed by atoms with Crippen molar-refractivity contribution in [3.63, 3.8) is 0 Å². The molecule has 108 valence electrons. The van der Waals surface area contributed by atoms with Crippen molar-refractivity contribution in [2.75, 3.05) is 0 Å². The van der Waals surface area contributed by atoms with Gasteiger partial charge in [-0.05, 0) is 39.3 Å². The third-order valence-electron chi connectivity index (χ3n) is 1.97. The summed E-state index contributed by atoms with van der Waals surface area (Å²) in [7, 11) is -7.07. The molecule has 0 aliphatic carbocycles. The van der Waals surface area contributed by atoms with E-state index < -0.39 is 55.7 Å².